The summed E-state index contributed by atoms with van der Waals surface area (Å²) in [6.45, 7) is 2.87. The van der Waals surface area contributed by atoms with Crippen LogP contribution >= 0.6 is 0 Å². The summed E-state index contributed by atoms with van der Waals surface area (Å²) in [6, 6.07) is 20.8. The number of pyridine rings is 1. The van der Waals surface area contributed by atoms with Gasteiger partial charge in [0.15, 0.2) is 5.82 Å². The predicted molar refractivity (Wildman–Crippen MR) is 129 cm³/mol. The minimum absolute atomic E-state index is 0.262. The molecule has 0 spiro atoms. The number of rotatable bonds is 8. The Kier molecular flexibility index (Phi) is 6.29. The largest absolute Gasteiger partial charge is 0.494 e. The van der Waals surface area contributed by atoms with Crippen molar-refractivity contribution >= 4 is 5.91 Å². The number of ether oxygens (including phenoxy) is 1. The van der Waals surface area contributed by atoms with Gasteiger partial charge in [-0.15, -0.1) is 0 Å². The van der Waals surface area contributed by atoms with Gasteiger partial charge in [0, 0.05) is 24.5 Å². The molecular weight excluding hydrogens is 444 g/mol. The first-order valence-corrected chi connectivity index (χ1v) is 11.1. The molecule has 0 aliphatic carbocycles. The molecule has 35 heavy (non-hydrogen) atoms. The lowest BCUT2D eigenvalue weighted by molar-refractivity contribution is 0.0946. The summed E-state index contributed by atoms with van der Waals surface area (Å²) in [5, 5.41) is 6.98. The molecule has 5 rings (SSSR count). The number of hydrogen-bond donors (Lipinski definition) is 1. The maximum absolute atomic E-state index is 12.7. The molecule has 0 saturated heterocycles. The predicted octanol–water partition coefficient (Wildman–Crippen LogP) is 4.31. The summed E-state index contributed by atoms with van der Waals surface area (Å²) >= 11 is 0. The molecule has 0 aliphatic heterocycles. The Bertz CT molecular complexity index is 1440. The molecule has 0 fully saturated rings. The minimum atomic E-state index is -0.299. The average molecular weight is 467 g/mol. The highest BCUT2D eigenvalue weighted by Crippen LogP contribution is 2.26. The van der Waals surface area contributed by atoms with Gasteiger partial charge in [-0.05, 0) is 36.8 Å². The van der Waals surface area contributed by atoms with Crippen molar-refractivity contribution in [3.8, 4) is 34.4 Å². The molecule has 0 aliphatic rings. The van der Waals surface area contributed by atoms with Crippen LogP contribution < -0.4 is 10.1 Å². The molecule has 0 bridgehead atoms. The maximum Gasteiger partial charge on any atom is 0.271 e. The number of carbonyl (C=O) groups is 1. The lowest BCUT2D eigenvalue weighted by atomic mass is 10.2. The van der Waals surface area contributed by atoms with E-state index in [2.05, 4.69) is 25.4 Å². The van der Waals surface area contributed by atoms with Gasteiger partial charge in [0.2, 0.25) is 5.82 Å². The second kappa shape index (κ2) is 10.0. The van der Waals surface area contributed by atoms with Crippen LogP contribution in [-0.4, -0.2) is 37.2 Å². The second-order valence-corrected chi connectivity index (χ2v) is 7.59. The number of aromatic nitrogens is 5. The summed E-state index contributed by atoms with van der Waals surface area (Å²) in [7, 11) is 0. The molecule has 9 heteroatoms. The van der Waals surface area contributed by atoms with Gasteiger partial charge in [0.25, 0.3) is 11.8 Å². The molecule has 2 aromatic carbocycles. The standard InChI is InChI=1S/C26H22N6O3/c1-2-34-20-11-6-8-18(14-20)15-28-25(33)22-16-32(17-29-22)24-21(12-7-13-27-24)26-30-23(31-35-26)19-9-4-3-5-10-19/h3-14,16-17H,2,15H2,1H3,(H,28,33). The van der Waals surface area contributed by atoms with Gasteiger partial charge < -0.3 is 14.6 Å². The van der Waals surface area contributed by atoms with Gasteiger partial charge in [-0.2, -0.15) is 4.98 Å². The topological polar surface area (TPSA) is 108 Å². The Morgan fingerprint density at radius 2 is 1.94 bits per heavy atom. The van der Waals surface area contributed by atoms with Gasteiger partial charge in [-0.1, -0.05) is 47.6 Å². The van der Waals surface area contributed by atoms with Crippen LogP contribution in [0.25, 0.3) is 28.7 Å². The SMILES string of the molecule is CCOc1cccc(CNC(=O)c2cn(-c3ncccc3-c3nc(-c4ccccc4)no3)cn2)c1. The van der Waals surface area contributed by atoms with Gasteiger partial charge in [-0.3, -0.25) is 9.36 Å². The molecule has 174 valence electrons. The van der Waals surface area contributed by atoms with E-state index in [1.165, 1.54) is 6.33 Å². The van der Waals surface area contributed by atoms with E-state index in [-0.39, 0.29) is 11.6 Å². The summed E-state index contributed by atoms with van der Waals surface area (Å²) in [5.41, 5.74) is 2.67. The molecule has 3 aromatic heterocycles. The van der Waals surface area contributed by atoms with Crippen LogP contribution in [0.1, 0.15) is 23.0 Å². The van der Waals surface area contributed by atoms with Crippen LogP contribution in [0.2, 0.25) is 0 Å². The molecule has 0 atom stereocenters. The van der Waals surface area contributed by atoms with Crippen LogP contribution in [0.5, 0.6) is 5.75 Å². The molecule has 1 N–H and O–H groups in total. The highest BCUT2D eigenvalue weighted by molar-refractivity contribution is 5.92. The molecular formula is C26H22N6O3. The van der Waals surface area contributed by atoms with E-state index in [9.17, 15) is 4.79 Å². The highest BCUT2D eigenvalue weighted by atomic mass is 16.5. The van der Waals surface area contributed by atoms with Crippen molar-refractivity contribution in [3.63, 3.8) is 0 Å². The smallest absolute Gasteiger partial charge is 0.271 e. The number of imidazole rings is 1. The van der Waals surface area contributed by atoms with E-state index in [1.54, 1.807) is 23.0 Å². The van der Waals surface area contributed by atoms with Crippen molar-refractivity contribution in [1.29, 1.82) is 0 Å². The maximum atomic E-state index is 12.7. The zero-order valence-electron chi connectivity index (χ0n) is 19.0. The Hall–Kier alpha value is -4.79. The Morgan fingerprint density at radius 3 is 2.80 bits per heavy atom. The first kappa shape index (κ1) is 22.0. The fraction of sp³-hybridized carbons (Fsp3) is 0.115. The van der Waals surface area contributed by atoms with Crippen LogP contribution in [0.4, 0.5) is 0 Å². The summed E-state index contributed by atoms with van der Waals surface area (Å²) in [5.74, 6) is 1.79. The van der Waals surface area contributed by atoms with Gasteiger partial charge in [0.05, 0.1) is 12.2 Å². The number of benzene rings is 2. The fourth-order valence-electron chi connectivity index (χ4n) is 3.55. The number of hydrogen-bond acceptors (Lipinski definition) is 7. The number of carbonyl (C=O) groups excluding carboxylic acids is 1. The van der Waals surface area contributed by atoms with Crippen LogP contribution in [0.3, 0.4) is 0 Å². The summed E-state index contributed by atoms with van der Waals surface area (Å²) in [6.07, 6.45) is 4.80. The van der Waals surface area contributed by atoms with Gasteiger partial charge in [0.1, 0.15) is 17.8 Å². The van der Waals surface area contributed by atoms with Crippen molar-refractivity contribution in [2.45, 2.75) is 13.5 Å². The van der Waals surface area contributed by atoms with E-state index in [1.807, 2.05) is 67.6 Å². The minimum Gasteiger partial charge on any atom is -0.494 e. The monoisotopic (exact) mass is 466 g/mol. The number of amides is 1. The van der Waals surface area contributed by atoms with E-state index < -0.39 is 0 Å². The van der Waals surface area contributed by atoms with E-state index in [4.69, 9.17) is 9.26 Å². The Labute approximate surface area is 201 Å². The zero-order valence-corrected chi connectivity index (χ0v) is 19.0. The van der Waals surface area contributed by atoms with Crippen molar-refractivity contribution in [1.82, 2.24) is 30.0 Å². The molecule has 3 heterocycles. The lowest BCUT2D eigenvalue weighted by Crippen LogP contribution is -2.23. The van der Waals surface area contributed by atoms with E-state index >= 15 is 0 Å². The first-order chi connectivity index (χ1) is 17.2. The zero-order chi connectivity index (χ0) is 24.0. The van der Waals surface area contributed by atoms with Crippen LogP contribution in [0, 0.1) is 0 Å². The van der Waals surface area contributed by atoms with Crippen molar-refractivity contribution in [3.05, 3.63) is 96.7 Å². The molecule has 0 radical (unpaired) electrons. The Balaban J connectivity index is 1.33. The Morgan fingerprint density at radius 1 is 1.06 bits per heavy atom. The average Bonchev–Trinajstić information content (AvgIpc) is 3.59. The molecule has 0 unspecified atom stereocenters. The molecule has 9 nitrogen and oxygen atoms in total. The quantitative estimate of drug-likeness (QED) is 0.363. The van der Waals surface area contributed by atoms with Gasteiger partial charge >= 0.3 is 0 Å². The third-order valence-corrected chi connectivity index (χ3v) is 5.20. The molecule has 5 aromatic rings. The van der Waals surface area contributed by atoms with Gasteiger partial charge in [-0.25, -0.2) is 9.97 Å². The van der Waals surface area contributed by atoms with Crippen LogP contribution in [-0.2, 0) is 6.54 Å². The second-order valence-electron chi connectivity index (χ2n) is 7.59. The third kappa shape index (κ3) is 4.93. The van der Waals surface area contributed by atoms with Crippen molar-refractivity contribution in [2.24, 2.45) is 0 Å². The number of nitrogens with zero attached hydrogens (tertiary/aromatic N) is 5. The van der Waals surface area contributed by atoms with E-state index in [0.717, 1.165) is 16.9 Å². The summed E-state index contributed by atoms with van der Waals surface area (Å²) in [4.78, 5) is 25.9. The summed E-state index contributed by atoms with van der Waals surface area (Å²) < 4.78 is 12.7. The fourth-order valence-corrected chi connectivity index (χ4v) is 3.55. The third-order valence-electron chi connectivity index (χ3n) is 5.20. The van der Waals surface area contributed by atoms with Crippen molar-refractivity contribution in [2.75, 3.05) is 6.61 Å². The lowest BCUT2D eigenvalue weighted by Gasteiger charge is -2.07. The molecule has 0 saturated carbocycles. The first-order valence-electron chi connectivity index (χ1n) is 11.1. The number of nitrogens with one attached hydrogen (secondary N) is 1. The highest BCUT2D eigenvalue weighted by Gasteiger charge is 2.18. The normalized spacial score (nSPS) is 10.8. The molecule has 1 amide bonds. The van der Waals surface area contributed by atoms with Crippen molar-refractivity contribution < 1.29 is 14.1 Å². The van der Waals surface area contributed by atoms with Crippen LogP contribution in [0.15, 0.2) is 90.0 Å². The van der Waals surface area contributed by atoms with E-state index in [0.29, 0.717) is 36.2 Å².